The molecule has 2 aliphatic rings. The summed E-state index contributed by atoms with van der Waals surface area (Å²) < 4.78 is 11.4. The molecule has 2 saturated heterocycles. The molecule has 162 valence electrons. The molecule has 5 N–H and O–H groups in total. The van der Waals surface area contributed by atoms with Crippen molar-refractivity contribution in [3.8, 4) is 11.1 Å². The molecule has 2 aliphatic heterocycles. The molecule has 1 unspecified atom stereocenters. The molecule has 0 amide bonds. The average Bonchev–Trinajstić information content (AvgIpc) is 3.30. The number of anilines is 2. The van der Waals surface area contributed by atoms with Crippen LogP contribution >= 0.6 is 0 Å². The molecule has 2 aromatic rings. The normalized spacial score (nSPS) is 31.1. The topological polar surface area (TPSA) is 103 Å². The van der Waals surface area contributed by atoms with Crippen LogP contribution in [0.5, 0.6) is 0 Å². The van der Waals surface area contributed by atoms with Gasteiger partial charge in [-0.3, -0.25) is 0 Å². The summed E-state index contributed by atoms with van der Waals surface area (Å²) in [5.41, 5.74) is 4.04. The molecule has 0 bridgehead atoms. The van der Waals surface area contributed by atoms with E-state index in [1.54, 1.807) is 0 Å². The molecule has 7 nitrogen and oxygen atoms in total. The van der Waals surface area contributed by atoms with Crippen molar-refractivity contribution in [2.45, 2.75) is 63.1 Å². The fourth-order valence-electron chi connectivity index (χ4n) is 4.07. The number of benzene rings is 2. The summed E-state index contributed by atoms with van der Waals surface area (Å²) >= 11 is 0. The first-order chi connectivity index (χ1) is 14.6. The Bertz CT molecular complexity index is 744. The van der Waals surface area contributed by atoms with Crippen LogP contribution in [-0.4, -0.2) is 58.8 Å². The van der Waals surface area contributed by atoms with E-state index in [2.05, 4.69) is 22.8 Å². The SMILES string of the molecule is CCC1O[C@H](Nc2ccc(-c3ccc(N[C@@H]4C[C@H](O)[C@@H](CO)O4)cc3)cc2)C[C@@H]1O. The molecule has 2 heterocycles. The van der Waals surface area contributed by atoms with Crippen LogP contribution in [0.4, 0.5) is 11.4 Å². The summed E-state index contributed by atoms with van der Waals surface area (Å²) in [6, 6.07) is 16.1. The summed E-state index contributed by atoms with van der Waals surface area (Å²) in [5, 5.41) is 35.6. The minimum absolute atomic E-state index is 0.0960. The summed E-state index contributed by atoms with van der Waals surface area (Å²) in [6.45, 7) is 1.83. The highest BCUT2D eigenvalue weighted by molar-refractivity contribution is 5.68. The van der Waals surface area contributed by atoms with Crippen molar-refractivity contribution >= 4 is 11.4 Å². The standard InChI is InChI=1S/C23H30N2O5/c1-2-20-18(27)11-22(29-20)24-16-7-3-14(4-8-16)15-5-9-17(10-6-15)25-23-12-19(28)21(13-26)30-23/h3-10,18-28H,2,11-13H2,1H3/t18-,19-,20?,21+,22-,23-/m0/s1. The van der Waals surface area contributed by atoms with Gasteiger partial charge in [-0.05, 0) is 41.8 Å². The first-order valence-corrected chi connectivity index (χ1v) is 10.6. The van der Waals surface area contributed by atoms with Crippen molar-refractivity contribution < 1.29 is 24.8 Å². The summed E-state index contributed by atoms with van der Waals surface area (Å²) in [6.07, 6.45) is -0.312. The van der Waals surface area contributed by atoms with E-state index in [9.17, 15) is 15.3 Å². The zero-order valence-corrected chi connectivity index (χ0v) is 17.1. The lowest BCUT2D eigenvalue weighted by Gasteiger charge is -2.16. The lowest BCUT2D eigenvalue weighted by atomic mass is 10.0. The minimum atomic E-state index is -0.648. The van der Waals surface area contributed by atoms with Crippen LogP contribution in [0.25, 0.3) is 11.1 Å². The number of rotatable bonds is 7. The first kappa shape index (κ1) is 21.1. The van der Waals surface area contributed by atoms with E-state index >= 15 is 0 Å². The molecule has 7 heteroatoms. The number of hydrogen-bond donors (Lipinski definition) is 5. The fourth-order valence-corrected chi connectivity index (χ4v) is 4.07. The van der Waals surface area contributed by atoms with Gasteiger partial charge in [-0.1, -0.05) is 31.2 Å². The molecular weight excluding hydrogens is 384 g/mol. The molecule has 2 fully saturated rings. The van der Waals surface area contributed by atoms with Gasteiger partial charge in [-0.15, -0.1) is 0 Å². The van der Waals surface area contributed by atoms with E-state index in [0.717, 1.165) is 28.9 Å². The maximum atomic E-state index is 9.98. The van der Waals surface area contributed by atoms with Crippen LogP contribution in [0, 0.1) is 0 Å². The lowest BCUT2D eigenvalue weighted by molar-refractivity contribution is -0.0149. The number of aliphatic hydroxyl groups is 3. The van der Waals surface area contributed by atoms with Crippen molar-refractivity contribution in [1.82, 2.24) is 0 Å². The van der Waals surface area contributed by atoms with Gasteiger partial charge in [-0.25, -0.2) is 0 Å². The fraction of sp³-hybridized carbons (Fsp3) is 0.478. The maximum Gasteiger partial charge on any atom is 0.130 e. The van der Waals surface area contributed by atoms with Crippen LogP contribution in [-0.2, 0) is 9.47 Å². The van der Waals surface area contributed by atoms with Crippen LogP contribution in [0.1, 0.15) is 26.2 Å². The Morgan fingerprint density at radius 2 is 1.20 bits per heavy atom. The van der Waals surface area contributed by atoms with Gasteiger partial charge in [0, 0.05) is 24.2 Å². The quantitative estimate of drug-likeness (QED) is 0.474. The van der Waals surface area contributed by atoms with Gasteiger partial charge in [0.15, 0.2) is 0 Å². The van der Waals surface area contributed by atoms with Crippen LogP contribution in [0.15, 0.2) is 48.5 Å². The van der Waals surface area contributed by atoms with Crippen molar-refractivity contribution in [2.24, 2.45) is 0 Å². The molecule has 0 aliphatic carbocycles. The van der Waals surface area contributed by atoms with E-state index in [0.29, 0.717) is 12.8 Å². The van der Waals surface area contributed by atoms with Gasteiger partial charge in [0.05, 0.1) is 24.9 Å². The molecule has 0 aromatic heterocycles. The largest absolute Gasteiger partial charge is 0.394 e. The van der Waals surface area contributed by atoms with Gasteiger partial charge in [-0.2, -0.15) is 0 Å². The van der Waals surface area contributed by atoms with E-state index in [1.807, 2.05) is 43.3 Å². The number of ether oxygens (including phenoxy) is 2. The monoisotopic (exact) mass is 414 g/mol. The third-order valence-corrected chi connectivity index (χ3v) is 5.79. The lowest BCUT2D eigenvalue weighted by Crippen LogP contribution is -2.25. The van der Waals surface area contributed by atoms with Crippen molar-refractivity contribution in [1.29, 1.82) is 0 Å². The summed E-state index contributed by atoms with van der Waals surface area (Å²) in [4.78, 5) is 0. The van der Waals surface area contributed by atoms with E-state index in [-0.39, 0.29) is 25.2 Å². The van der Waals surface area contributed by atoms with E-state index < -0.39 is 18.3 Å². The predicted molar refractivity (Wildman–Crippen MR) is 115 cm³/mol. The summed E-state index contributed by atoms with van der Waals surface area (Å²) in [7, 11) is 0. The Balaban J connectivity index is 1.33. The second-order valence-corrected chi connectivity index (χ2v) is 7.97. The minimum Gasteiger partial charge on any atom is -0.394 e. The van der Waals surface area contributed by atoms with Gasteiger partial charge in [0.25, 0.3) is 0 Å². The van der Waals surface area contributed by atoms with Crippen LogP contribution < -0.4 is 10.6 Å². The van der Waals surface area contributed by atoms with E-state index in [1.165, 1.54) is 0 Å². The molecule has 0 saturated carbocycles. The zero-order chi connectivity index (χ0) is 21.1. The highest BCUT2D eigenvalue weighted by Crippen LogP contribution is 2.28. The molecule has 2 aromatic carbocycles. The number of hydrogen-bond acceptors (Lipinski definition) is 7. The average molecular weight is 415 g/mol. The highest BCUT2D eigenvalue weighted by atomic mass is 16.5. The Hall–Kier alpha value is -2.16. The third-order valence-electron chi connectivity index (χ3n) is 5.79. The number of nitrogens with one attached hydrogen (secondary N) is 2. The van der Waals surface area contributed by atoms with Crippen LogP contribution in [0.2, 0.25) is 0 Å². The van der Waals surface area contributed by atoms with Crippen molar-refractivity contribution in [3.63, 3.8) is 0 Å². The Kier molecular flexibility index (Phi) is 6.55. The molecule has 0 spiro atoms. The number of aliphatic hydroxyl groups excluding tert-OH is 3. The third kappa shape index (κ3) is 4.77. The zero-order valence-electron chi connectivity index (χ0n) is 17.1. The van der Waals surface area contributed by atoms with Crippen LogP contribution in [0.3, 0.4) is 0 Å². The van der Waals surface area contributed by atoms with Gasteiger partial charge in [0.2, 0.25) is 0 Å². The Labute approximate surface area is 176 Å². The maximum absolute atomic E-state index is 9.98. The smallest absolute Gasteiger partial charge is 0.130 e. The summed E-state index contributed by atoms with van der Waals surface area (Å²) in [5.74, 6) is 0. The second kappa shape index (κ2) is 9.32. The first-order valence-electron chi connectivity index (χ1n) is 10.6. The van der Waals surface area contributed by atoms with Crippen molar-refractivity contribution in [2.75, 3.05) is 17.2 Å². The Morgan fingerprint density at radius 1 is 0.767 bits per heavy atom. The molecule has 30 heavy (non-hydrogen) atoms. The van der Waals surface area contributed by atoms with E-state index in [4.69, 9.17) is 9.47 Å². The van der Waals surface area contributed by atoms with Gasteiger partial charge < -0.3 is 35.4 Å². The van der Waals surface area contributed by atoms with Crippen molar-refractivity contribution in [3.05, 3.63) is 48.5 Å². The highest BCUT2D eigenvalue weighted by Gasteiger charge is 2.33. The Morgan fingerprint density at radius 3 is 1.57 bits per heavy atom. The predicted octanol–water partition coefficient (Wildman–Crippen LogP) is 2.53. The second-order valence-electron chi connectivity index (χ2n) is 7.97. The molecule has 4 rings (SSSR count). The molecular formula is C23H30N2O5. The van der Waals surface area contributed by atoms with Gasteiger partial charge in [0.1, 0.15) is 18.6 Å². The molecule has 6 atom stereocenters. The molecule has 0 radical (unpaired) electrons. The van der Waals surface area contributed by atoms with Gasteiger partial charge >= 0.3 is 0 Å².